The van der Waals surface area contributed by atoms with Gasteiger partial charge in [-0.05, 0) is 76.4 Å². The standard InChI is InChI=1S/C19H31FN4.HI/c1-14-5-6-17(13-18(14)20)15(2)23-19(21-3)22-10-7-16-8-11-24(4)12-9-16;/h5-6,13,15-16H,7-12H2,1-4H3,(H2,21,22,23);1H. The van der Waals surface area contributed by atoms with Crippen molar-refractivity contribution in [2.24, 2.45) is 10.9 Å². The summed E-state index contributed by atoms with van der Waals surface area (Å²) < 4.78 is 13.7. The third-order valence-corrected chi connectivity index (χ3v) is 4.96. The molecule has 4 nitrogen and oxygen atoms in total. The number of benzene rings is 1. The molecule has 1 aromatic rings. The average Bonchev–Trinajstić information content (AvgIpc) is 2.58. The molecule has 2 N–H and O–H groups in total. The molecule has 6 heteroatoms. The van der Waals surface area contributed by atoms with Crippen molar-refractivity contribution in [2.75, 3.05) is 33.7 Å². The van der Waals surface area contributed by atoms with Crippen molar-refractivity contribution in [2.45, 2.75) is 39.2 Å². The fourth-order valence-electron chi connectivity index (χ4n) is 3.11. The summed E-state index contributed by atoms with van der Waals surface area (Å²) in [4.78, 5) is 6.68. The topological polar surface area (TPSA) is 39.7 Å². The van der Waals surface area contributed by atoms with Crippen molar-refractivity contribution in [1.82, 2.24) is 15.5 Å². The molecule has 0 amide bonds. The van der Waals surface area contributed by atoms with E-state index in [9.17, 15) is 4.39 Å². The predicted molar refractivity (Wildman–Crippen MR) is 114 cm³/mol. The Balaban J connectivity index is 0.00000312. The van der Waals surface area contributed by atoms with Crippen LogP contribution in [0.1, 0.15) is 43.4 Å². The number of nitrogens with zero attached hydrogens (tertiary/aromatic N) is 2. The van der Waals surface area contributed by atoms with E-state index in [1.54, 1.807) is 20.0 Å². The van der Waals surface area contributed by atoms with Gasteiger partial charge in [0.05, 0.1) is 6.04 Å². The minimum absolute atomic E-state index is 0. The van der Waals surface area contributed by atoms with E-state index in [4.69, 9.17) is 0 Å². The summed E-state index contributed by atoms with van der Waals surface area (Å²) in [7, 11) is 3.96. The van der Waals surface area contributed by atoms with Crippen molar-refractivity contribution in [3.63, 3.8) is 0 Å². The largest absolute Gasteiger partial charge is 0.356 e. The van der Waals surface area contributed by atoms with Gasteiger partial charge in [0.1, 0.15) is 5.82 Å². The maximum absolute atomic E-state index is 13.7. The lowest BCUT2D eigenvalue weighted by Crippen LogP contribution is -2.40. The molecule has 25 heavy (non-hydrogen) atoms. The van der Waals surface area contributed by atoms with Crippen LogP contribution in [0.2, 0.25) is 0 Å². The number of guanidine groups is 1. The fourth-order valence-corrected chi connectivity index (χ4v) is 3.11. The van der Waals surface area contributed by atoms with Crippen LogP contribution in [-0.4, -0.2) is 44.6 Å². The lowest BCUT2D eigenvalue weighted by Gasteiger charge is -2.29. The zero-order valence-corrected chi connectivity index (χ0v) is 18.1. The summed E-state index contributed by atoms with van der Waals surface area (Å²) >= 11 is 0. The Kier molecular flexibility index (Phi) is 9.71. The molecular formula is C19H32FIN4. The summed E-state index contributed by atoms with van der Waals surface area (Å²) in [6, 6.07) is 5.38. The summed E-state index contributed by atoms with van der Waals surface area (Å²) in [5, 5.41) is 6.72. The smallest absolute Gasteiger partial charge is 0.191 e. The van der Waals surface area contributed by atoms with Gasteiger partial charge in [0.2, 0.25) is 0 Å². The Morgan fingerprint density at radius 3 is 2.64 bits per heavy atom. The number of nitrogens with one attached hydrogen (secondary N) is 2. The maximum atomic E-state index is 13.7. The predicted octanol–water partition coefficient (Wildman–Crippen LogP) is 3.71. The van der Waals surface area contributed by atoms with E-state index < -0.39 is 0 Å². The van der Waals surface area contributed by atoms with Gasteiger partial charge in [-0.3, -0.25) is 4.99 Å². The highest BCUT2D eigenvalue weighted by Crippen LogP contribution is 2.19. The van der Waals surface area contributed by atoms with Crippen molar-refractivity contribution < 1.29 is 4.39 Å². The second kappa shape index (κ2) is 11.0. The first-order valence-corrected chi connectivity index (χ1v) is 8.91. The van der Waals surface area contributed by atoms with Crippen molar-refractivity contribution >= 4 is 29.9 Å². The van der Waals surface area contributed by atoms with Gasteiger partial charge in [-0.15, -0.1) is 24.0 Å². The molecule has 1 aromatic carbocycles. The van der Waals surface area contributed by atoms with Crippen LogP contribution in [0.3, 0.4) is 0 Å². The molecule has 1 saturated heterocycles. The number of halogens is 2. The van der Waals surface area contributed by atoms with E-state index in [-0.39, 0.29) is 35.8 Å². The molecule has 0 saturated carbocycles. The molecule has 0 aliphatic carbocycles. The molecule has 1 atom stereocenters. The molecule has 1 fully saturated rings. The van der Waals surface area contributed by atoms with E-state index in [2.05, 4.69) is 27.6 Å². The maximum Gasteiger partial charge on any atom is 0.191 e. The van der Waals surface area contributed by atoms with Crippen LogP contribution >= 0.6 is 24.0 Å². The third-order valence-electron chi connectivity index (χ3n) is 4.96. The summed E-state index contributed by atoms with van der Waals surface area (Å²) in [5.41, 5.74) is 1.60. The van der Waals surface area contributed by atoms with Gasteiger partial charge in [0.15, 0.2) is 5.96 Å². The Morgan fingerprint density at radius 2 is 2.04 bits per heavy atom. The molecule has 0 radical (unpaired) electrons. The number of aliphatic imine (C=N–C) groups is 1. The van der Waals surface area contributed by atoms with Crippen LogP contribution < -0.4 is 10.6 Å². The number of aryl methyl sites for hydroxylation is 1. The monoisotopic (exact) mass is 462 g/mol. The minimum atomic E-state index is -0.161. The van der Waals surface area contributed by atoms with Gasteiger partial charge < -0.3 is 15.5 Å². The second-order valence-corrected chi connectivity index (χ2v) is 6.91. The highest BCUT2D eigenvalue weighted by molar-refractivity contribution is 14.0. The normalized spacial score (nSPS) is 17.7. The molecule has 0 bridgehead atoms. The van der Waals surface area contributed by atoms with E-state index in [0.29, 0.717) is 5.56 Å². The van der Waals surface area contributed by atoms with Crippen molar-refractivity contribution in [3.8, 4) is 0 Å². The minimum Gasteiger partial charge on any atom is -0.356 e. The number of hydrogen-bond acceptors (Lipinski definition) is 2. The summed E-state index contributed by atoms with van der Waals surface area (Å²) in [6.07, 6.45) is 3.73. The van der Waals surface area contributed by atoms with Crippen LogP contribution in [0, 0.1) is 18.7 Å². The Hall–Kier alpha value is -0.890. The number of piperidine rings is 1. The third kappa shape index (κ3) is 7.09. The van der Waals surface area contributed by atoms with E-state index in [1.807, 2.05) is 19.1 Å². The number of hydrogen-bond donors (Lipinski definition) is 2. The molecule has 2 rings (SSSR count). The van der Waals surface area contributed by atoms with Crippen LogP contribution in [0.5, 0.6) is 0 Å². The number of rotatable bonds is 5. The Labute approximate surface area is 168 Å². The molecule has 1 unspecified atom stereocenters. The molecule has 1 heterocycles. The molecule has 0 spiro atoms. The fraction of sp³-hybridized carbons (Fsp3) is 0.632. The Bertz CT molecular complexity index is 556. The number of likely N-dealkylation sites (tertiary alicyclic amines) is 1. The highest BCUT2D eigenvalue weighted by Gasteiger charge is 2.16. The first kappa shape index (κ1) is 22.2. The van der Waals surface area contributed by atoms with Gasteiger partial charge in [-0.25, -0.2) is 4.39 Å². The molecule has 1 aliphatic heterocycles. The zero-order chi connectivity index (χ0) is 17.5. The van der Waals surface area contributed by atoms with E-state index in [1.165, 1.54) is 32.4 Å². The van der Waals surface area contributed by atoms with Gasteiger partial charge in [-0.1, -0.05) is 12.1 Å². The SMILES string of the molecule is CN=C(NCCC1CCN(C)CC1)NC(C)c1ccc(C)c(F)c1.I. The van der Waals surface area contributed by atoms with Crippen LogP contribution in [-0.2, 0) is 0 Å². The zero-order valence-electron chi connectivity index (χ0n) is 15.8. The van der Waals surface area contributed by atoms with Gasteiger partial charge in [-0.2, -0.15) is 0 Å². The first-order chi connectivity index (χ1) is 11.5. The van der Waals surface area contributed by atoms with E-state index in [0.717, 1.165) is 24.0 Å². The lowest BCUT2D eigenvalue weighted by molar-refractivity contribution is 0.213. The van der Waals surface area contributed by atoms with Crippen LogP contribution in [0.15, 0.2) is 23.2 Å². The van der Waals surface area contributed by atoms with Crippen LogP contribution in [0.25, 0.3) is 0 Å². The van der Waals surface area contributed by atoms with Gasteiger partial charge in [0.25, 0.3) is 0 Å². The van der Waals surface area contributed by atoms with Crippen molar-refractivity contribution in [3.05, 3.63) is 35.1 Å². The van der Waals surface area contributed by atoms with E-state index >= 15 is 0 Å². The summed E-state index contributed by atoms with van der Waals surface area (Å²) in [6.45, 7) is 7.12. The van der Waals surface area contributed by atoms with Crippen LogP contribution in [0.4, 0.5) is 4.39 Å². The highest BCUT2D eigenvalue weighted by atomic mass is 127. The molecule has 142 valence electrons. The summed E-state index contributed by atoms with van der Waals surface area (Å²) in [5.74, 6) is 1.41. The van der Waals surface area contributed by atoms with Gasteiger partial charge in [0, 0.05) is 13.6 Å². The second-order valence-electron chi connectivity index (χ2n) is 6.91. The molecule has 0 aromatic heterocycles. The lowest BCUT2D eigenvalue weighted by atomic mass is 9.94. The van der Waals surface area contributed by atoms with Crippen molar-refractivity contribution in [1.29, 1.82) is 0 Å². The Morgan fingerprint density at radius 1 is 1.36 bits per heavy atom. The first-order valence-electron chi connectivity index (χ1n) is 8.91. The average molecular weight is 462 g/mol. The molecule has 1 aliphatic rings. The van der Waals surface area contributed by atoms with Gasteiger partial charge >= 0.3 is 0 Å². The molecular weight excluding hydrogens is 430 g/mol. The quantitative estimate of drug-likeness (QED) is 0.398.